The van der Waals surface area contributed by atoms with Crippen LogP contribution in [0.3, 0.4) is 0 Å². The molecular formula is C14H19ClFN. The molecule has 2 rings (SSSR count). The van der Waals surface area contributed by atoms with Gasteiger partial charge in [0.1, 0.15) is 5.82 Å². The average Bonchev–Trinajstić information content (AvgIpc) is 2.83. The zero-order valence-electron chi connectivity index (χ0n) is 10.0. The first kappa shape index (κ1) is 12.8. The molecule has 1 aromatic carbocycles. The Balaban J connectivity index is 1.72. The van der Waals surface area contributed by atoms with Gasteiger partial charge in [-0.2, -0.15) is 0 Å². The van der Waals surface area contributed by atoms with Crippen LogP contribution in [0, 0.1) is 11.7 Å². The third kappa shape index (κ3) is 3.68. The smallest absolute Gasteiger partial charge is 0.142 e. The van der Waals surface area contributed by atoms with Crippen LogP contribution < -0.4 is 5.32 Å². The van der Waals surface area contributed by atoms with E-state index in [1.807, 2.05) is 6.07 Å². The van der Waals surface area contributed by atoms with Crippen molar-refractivity contribution in [3.05, 3.63) is 34.6 Å². The number of halogens is 2. The van der Waals surface area contributed by atoms with Gasteiger partial charge in [-0.05, 0) is 30.5 Å². The van der Waals surface area contributed by atoms with Crippen molar-refractivity contribution in [1.82, 2.24) is 5.32 Å². The minimum absolute atomic E-state index is 0.251. The van der Waals surface area contributed by atoms with Gasteiger partial charge in [-0.25, -0.2) is 4.39 Å². The summed E-state index contributed by atoms with van der Waals surface area (Å²) in [6, 6.07) is 4.97. The third-order valence-electron chi connectivity index (χ3n) is 3.55. The quantitative estimate of drug-likeness (QED) is 0.780. The van der Waals surface area contributed by atoms with Crippen LogP contribution >= 0.6 is 11.6 Å². The minimum atomic E-state index is -0.332. The van der Waals surface area contributed by atoms with Crippen molar-refractivity contribution in [2.45, 2.75) is 38.6 Å². The van der Waals surface area contributed by atoms with E-state index in [0.717, 1.165) is 18.0 Å². The average molecular weight is 256 g/mol. The third-order valence-corrected chi connectivity index (χ3v) is 3.97. The van der Waals surface area contributed by atoms with Crippen LogP contribution in [0.4, 0.5) is 4.39 Å². The summed E-state index contributed by atoms with van der Waals surface area (Å²) in [6.45, 7) is 1.65. The van der Waals surface area contributed by atoms with Crippen LogP contribution in [-0.4, -0.2) is 6.54 Å². The normalized spacial score (nSPS) is 16.6. The molecule has 1 aliphatic rings. The number of rotatable bonds is 5. The Morgan fingerprint density at radius 2 is 2.06 bits per heavy atom. The Kier molecular flexibility index (Phi) is 4.81. The molecular weight excluding hydrogens is 237 g/mol. The van der Waals surface area contributed by atoms with Crippen molar-refractivity contribution in [3.63, 3.8) is 0 Å². The Labute approximate surface area is 107 Å². The lowest BCUT2D eigenvalue weighted by Crippen LogP contribution is -2.17. The van der Waals surface area contributed by atoms with Crippen molar-refractivity contribution in [2.75, 3.05) is 6.54 Å². The predicted octanol–water partition coefficient (Wildman–Crippen LogP) is 4.15. The summed E-state index contributed by atoms with van der Waals surface area (Å²) < 4.78 is 13.2. The molecule has 1 nitrogen and oxygen atoms in total. The van der Waals surface area contributed by atoms with Gasteiger partial charge in [0.05, 0.1) is 5.02 Å². The Morgan fingerprint density at radius 1 is 1.29 bits per heavy atom. The molecule has 17 heavy (non-hydrogen) atoms. The van der Waals surface area contributed by atoms with E-state index in [4.69, 9.17) is 11.6 Å². The fourth-order valence-electron chi connectivity index (χ4n) is 2.51. The second kappa shape index (κ2) is 6.36. The summed E-state index contributed by atoms with van der Waals surface area (Å²) in [6.07, 6.45) is 6.76. The van der Waals surface area contributed by atoms with Crippen LogP contribution in [0.2, 0.25) is 5.02 Å². The molecule has 1 N–H and O–H groups in total. The molecule has 1 fully saturated rings. The fourth-order valence-corrected chi connectivity index (χ4v) is 2.71. The van der Waals surface area contributed by atoms with Gasteiger partial charge in [0, 0.05) is 6.54 Å². The first-order valence-corrected chi connectivity index (χ1v) is 6.79. The highest BCUT2D eigenvalue weighted by Crippen LogP contribution is 2.27. The van der Waals surface area contributed by atoms with E-state index in [0.29, 0.717) is 6.54 Å². The standard InChI is InChI=1S/C14H19ClFN/c15-14-12(6-3-7-13(14)16)10-17-9-8-11-4-1-2-5-11/h3,6-7,11,17H,1-2,4-5,8-10H2. The van der Waals surface area contributed by atoms with Gasteiger partial charge >= 0.3 is 0 Å². The summed E-state index contributed by atoms with van der Waals surface area (Å²) >= 11 is 5.88. The number of benzene rings is 1. The number of hydrogen-bond donors (Lipinski definition) is 1. The second-order valence-corrected chi connectivity index (χ2v) is 5.21. The van der Waals surface area contributed by atoms with Gasteiger partial charge in [0.15, 0.2) is 0 Å². The lowest BCUT2D eigenvalue weighted by atomic mass is 10.0. The number of hydrogen-bond acceptors (Lipinski definition) is 1. The molecule has 1 aliphatic carbocycles. The summed E-state index contributed by atoms with van der Waals surface area (Å²) in [5.41, 5.74) is 0.845. The van der Waals surface area contributed by atoms with Gasteiger partial charge in [-0.1, -0.05) is 49.4 Å². The minimum Gasteiger partial charge on any atom is -0.313 e. The van der Waals surface area contributed by atoms with E-state index >= 15 is 0 Å². The van der Waals surface area contributed by atoms with E-state index in [1.165, 1.54) is 38.2 Å². The SMILES string of the molecule is Fc1cccc(CNCCC2CCCC2)c1Cl. The largest absolute Gasteiger partial charge is 0.313 e. The lowest BCUT2D eigenvalue weighted by Gasteiger charge is -2.10. The summed E-state index contributed by atoms with van der Waals surface area (Å²) in [5, 5.41) is 3.60. The summed E-state index contributed by atoms with van der Waals surface area (Å²) in [4.78, 5) is 0. The molecule has 0 spiro atoms. The van der Waals surface area contributed by atoms with Gasteiger partial charge in [-0.3, -0.25) is 0 Å². The van der Waals surface area contributed by atoms with Crippen molar-refractivity contribution in [3.8, 4) is 0 Å². The first-order valence-electron chi connectivity index (χ1n) is 6.41. The van der Waals surface area contributed by atoms with E-state index in [2.05, 4.69) is 5.32 Å². The molecule has 1 aromatic rings. The van der Waals surface area contributed by atoms with Gasteiger partial charge < -0.3 is 5.32 Å². The van der Waals surface area contributed by atoms with Crippen LogP contribution in [0.25, 0.3) is 0 Å². The van der Waals surface area contributed by atoms with Gasteiger partial charge in [0.25, 0.3) is 0 Å². The maximum Gasteiger partial charge on any atom is 0.142 e. The van der Waals surface area contributed by atoms with Crippen molar-refractivity contribution in [1.29, 1.82) is 0 Å². The van der Waals surface area contributed by atoms with E-state index < -0.39 is 0 Å². The fraction of sp³-hybridized carbons (Fsp3) is 0.571. The molecule has 3 heteroatoms. The molecule has 0 radical (unpaired) electrons. The molecule has 1 saturated carbocycles. The zero-order chi connectivity index (χ0) is 12.1. The van der Waals surface area contributed by atoms with Crippen molar-refractivity contribution in [2.24, 2.45) is 5.92 Å². The second-order valence-electron chi connectivity index (χ2n) is 4.83. The highest BCUT2D eigenvalue weighted by molar-refractivity contribution is 6.31. The van der Waals surface area contributed by atoms with E-state index in [1.54, 1.807) is 6.07 Å². The number of nitrogens with one attached hydrogen (secondary N) is 1. The maximum absolute atomic E-state index is 13.2. The lowest BCUT2D eigenvalue weighted by molar-refractivity contribution is 0.477. The molecule has 0 atom stereocenters. The highest BCUT2D eigenvalue weighted by Gasteiger charge is 2.14. The molecule has 0 aliphatic heterocycles. The van der Waals surface area contributed by atoms with Crippen molar-refractivity contribution >= 4 is 11.6 Å². The maximum atomic E-state index is 13.2. The molecule has 0 bridgehead atoms. The predicted molar refractivity (Wildman–Crippen MR) is 69.7 cm³/mol. The Bertz CT molecular complexity index is 361. The van der Waals surface area contributed by atoms with Gasteiger partial charge in [-0.15, -0.1) is 0 Å². The highest BCUT2D eigenvalue weighted by atomic mass is 35.5. The molecule has 0 saturated heterocycles. The Hall–Kier alpha value is -0.600. The molecule has 0 amide bonds. The Morgan fingerprint density at radius 3 is 2.82 bits per heavy atom. The summed E-state index contributed by atoms with van der Waals surface area (Å²) in [7, 11) is 0. The van der Waals surface area contributed by atoms with Crippen LogP contribution in [0.5, 0.6) is 0 Å². The molecule has 0 heterocycles. The van der Waals surface area contributed by atoms with E-state index in [9.17, 15) is 4.39 Å². The van der Waals surface area contributed by atoms with Crippen LogP contribution in [-0.2, 0) is 6.54 Å². The van der Waals surface area contributed by atoms with Crippen molar-refractivity contribution < 1.29 is 4.39 Å². The summed E-state index contributed by atoms with van der Waals surface area (Å²) in [5.74, 6) is 0.562. The molecule has 94 valence electrons. The monoisotopic (exact) mass is 255 g/mol. The van der Waals surface area contributed by atoms with E-state index in [-0.39, 0.29) is 10.8 Å². The van der Waals surface area contributed by atoms with Gasteiger partial charge in [0.2, 0.25) is 0 Å². The molecule has 0 unspecified atom stereocenters. The zero-order valence-corrected chi connectivity index (χ0v) is 10.8. The topological polar surface area (TPSA) is 12.0 Å². The molecule has 0 aromatic heterocycles. The first-order chi connectivity index (χ1) is 8.27. The van der Waals surface area contributed by atoms with Crippen LogP contribution in [0.1, 0.15) is 37.7 Å². The van der Waals surface area contributed by atoms with Crippen LogP contribution in [0.15, 0.2) is 18.2 Å².